The minimum absolute atomic E-state index is 0.158. The second-order valence-electron chi connectivity index (χ2n) is 9.43. The number of rotatable bonds is 2. The molecule has 4 rings (SSSR count). The van der Waals surface area contributed by atoms with E-state index in [0.29, 0.717) is 42.5 Å². The number of hydrogen-bond donors (Lipinski definition) is 0. The first kappa shape index (κ1) is 17.9. The molecule has 3 fully saturated rings. The summed E-state index contributed by atoms with van der Waals surface area (Å²) in [5.41, 5.74) is 0.855. The SMILES string of the molecule is CC(=O)OC[C@]12CCC(=O)C=C1[C@@H](C)C[C@@H]1[C@@H]2CC[C@]2(C)C(=O)CC[C@@H]12. The van der Waals surface area contributed by atoms with Crippen molar-refractivity contribution in [3.63, 3.8) is 0 Å². The van der Waals surface area contributed by atoms with E-state index in [-0.39, 0.29) is 22.6 Å². The van der Waals surface area contributed by atoms with Gasteiger partial charge in [0.25, 0.3) is 0 Å². The zero-order chi connectivity index (χ0) is 18.7. The Hall–Kier alpha value is -1.45. The highest BCUT2D eigenvalue weighted by atomic mass is 16.5. The van der Waals surface area contributed by atoms with Crippen LogP contribution in [0.1, 0.15) is 65.7 Å². The van der Waals surface area contributed by atoms with Crippen LogP contribution in [0.2, 0.25) is 0 Å². The number of esters is 1. The third kappa shape index (κ3) is 2.44. The number of ether oxygens (including phenoxy) is 1. The van der Waals surface area contributed by atoms with Gasteiger partial charge in [0, 0.05) is 30.6 Å². The van der Waals surface area contributed by atoms with E-state index in [1.165, 1.54) is 12.5 Å². The average Bonchev–Trinajstić information content (AvgIpc) is 2.90. The fourth-order valence-corrected chi connectivity index (χ4v) is 7.01. The molecule has 0 radical (unpaired) electrons. The standard InChI is InChI=1S/C22H30O4/c1-13-10-16-17-4-5-20(25)21(17,3)8-7-18(16)22(12-26-14(2)23)9-6-15(24)11-19(13)22/h11,13,16-18H,4-10,12H2,1-3H3/t13-,16-,17-,18-,21-,22-/m0/s1. The fourth-order valence-electron chi connectivity index (χ4n) is 7.01. The number of hydrogen-bond acceptors (Lipinski definition) is 4. The molecule has 4 nitrogen and oxygen atoms in total. The predicted octanol–water partition coefficient (Wildman–Crippen LogP) is 3.88. The Morgan fingerprint density at radius 3 is 2.69 bits per heavy atom. The summed E-state index contributed by atoms with van der Waals surface area (Å²) >= 11 is 0. The van der Waals surface area contributed by atoms with Crippen molar-refractivity contribution in [2.24, 2.45) is 34.5 Å². The monoisotopic (exact) mass is 358 g/mol. The van der Waals surface area contributed by atoms with Crippen molar-refractivity contribution in [1.82, 2.24) is 0 Å². The van der Waals surface area contributed by atoms with Crippen molar-refractivity contribution in [2.45, 2.75) is 65.7 Å². The van der Waals surface area contributed by atoms with Crippen LogP contribution >= 0.6 is 0 Å². The number of fused-ring (bicyclic) bond motifs is 5. The lowest BCUT2D eigenvalue weighted by Crippen LogP contribution is -2.55. The molecule has 6 atom stereocenters. The van der Waals surface area contributed by atoms with E-state index in [1.807, 2.05) is 6.08 Å². The van der Waals surface area contributed by atoms with Crippen molar-refractivity contribution >= 4 is 17.5 Å². The molecule has 0 bridgehead atoms. The van der Waals surface area contributed by atoms with E-state index in [4.69, 9.17) is 4.74 Å². The van der Waals surface area contributed by atoms with E-state index < -0.39 is 0 Å². The van der Waals surface area contributed by atoms with Crippen LogP contribution in [-0.2, 0) is 19.1 Å². The Morgan fingerprint density at radius 2 is 1.96 bits per heavy atom. The maximum absolute atomic E-state index is 12.6. The van der Waals surface area contributed by atoms with Gasteiger partial charge in [0.1, 0.15) is 12.4 Å². The normalized spacial score (nSPS) is 44.7. The molecule has 4 aliphatic carbocycles. The molecule has 0 heterocycles. The lowest BCUT2D eigenvalue weighted by molar-refractivity contribution is -0.151. The summed E-state index contributed by atoms with van der Waals surface area (Å²) in [5, 5.41) is 0. The van der Waals surface area contributed by atoms with Gasteiger partial charge in [0.15, 0.2) is 5.78 Å². The molecular formula is C22H30O4. The summed E-state index contributed by atoms with van der Waals surface area (Å²) in [7, 11) is 0. The largest absolute Gasteiger partial charge is 0.465 e. The first-order valence-corrected chi connectivity index (χ1v) is 10.2. The highest BCUT2D eigenvalue weighted by Gasteiger charge is 2.61. The van der Waals surface area contributed by atoms with Gasteiger partial charge in [0.2, 0.25) is 0 Å². The Morgan fingerprint density at radius 1 is 1.19 bits per heavy atom. The lowest BCUT2D eigenvalue weighted by atomic mass is 9.45. The van der Waals surface area contributed by atoms with Gasteiger partial charge < -0.3 is 4.74 Å². The lowest BCUT2D eigenvalue weighted by Gasteiger charge is -2.59. The number of ketones is 2. The van der Waals surface area contributed by atoms with Gasteiger partial charge in [-0.2, -0.15) is 0 Å². The molecule has 0 aromatic carbocycles. The van der Waals surface area contributed by atoms with E-state index in [9.17, 15) is 14.4 Å². The van der Waals surface area contributed by atoms with Gasteiger partial charge in [0.05, 0.1) is 0 Å². The van der Waals surface area contributed by atoms with Crippen LogP contribution in [-0.4, -0.2) is 24.1 Å². The molecule has 26 heavy (non-hydrogen) atoms. The molecule has 4 heteroatoms. The van der Waals surface area contributed by atoms with E-state index in [1.54, 1.807) is 0 Å². The van der Waals surface area contributed by atoms with Crippen LogP contribution in [0, 0.1) is 34.5 Å². The first-order valence-electron chi connectivity index (χ1n) is 10.2. The van der Waals surface area contributed by atoms with Gasteiger partial charge in [-0.05, 0) is 61.9 Å². The summed E-state index contributed by atoms with van der Waals surface area (Å²) in [5.74, 6) is 2.08. The third-order valence-electron chi connectivity index (χ3n) is 8.25. The molecule has 0 spiro atoms. The zero-order valence-corrected chi connectivity index (χ0v) is 16.2. The highest BCUT2D eigenvalue weighted by molar-refractivity contribution is 5.92. The first-order chi connectivity index (χ1) is 12.3. The van der Waals surface area contributed by atoms with Crippen LogP contribution in [0.3, 0.4) is 0 Å². The summed E-state index contributed by atoms with van der Waals surface area (Å²) in [4.78, 5) is 36.3. The molecule has 142 valence electrons. The van der Waals surface area contributed by atoms with E-state index in [0.717, 1.165) is 38.5 Å². The summed E-state index contributed by atoms with van der Waals surface area (Å²) in [6.45, 7) is 6.25. The van der Waals surface area contributed by atoms with Crippen LogP contribution < -0.4 is 0 Å². The summed E-state index contributed by atoms with van der Waals surface area (Å²) in [6, 6.07) is 0. The molecule has 3 saturated carbocycles. The molecule has 0 N–H and O–H groups in total. The van der Waals surface area contributed by atoms with Crippen LogP contribution in [0.15, 0.2) is 11.6 Å². The topological polar surface area (TPSA) is 60.4 Å². The quantitative estimate of drug-likeness (QED) is 0.703. The number of carbonyl (C=O) groups is 3. The Kier molecular flexibility index (Phi) is 4.16. The zero-order valence-electron chi connectivity index (χ0n) is 16.2. The Bertz CT molecular complexity index is 692. The maximum Gasteiger partial charge on any atom is 0.302 e. The Labute approximate surface area is 155 Å². The molecule has 0 aromatic rings. The molecule has 4 aliphatic rings. The molecule has 0 aliphatic heterocycles. The van der Waals surface area contributed by atoms with Crippen molar-refractivity contribution in [3.05, 3.63) is 11.6 Å². The van der Waals surface area contributed by atoms with Crippen molar-refractivity contribution in [2.75, 3.05) is 6.61 Å². The van der Waals surface area contributed by atoms with E-state index >= 15 is 0 Å². The van der Waals surface area contributed by atoms with Gasteiger partial charge in [-0.3, -0.25) is 14.4 Å². The van der Waals surface area contributed by atoms with Gasteiger partial charge >= 0.3 is 5.97 Å². The summed E-state index contributed by atoms with van der Waals surface area (Å²) in [6.07, 6.45) is 7.91. The summed E-state index contributed by atoms with van der Waals surface area (Å²) < 4.78 is 5.57. The minimum atomic E-state index is -0.248. The minimum Gasteiger partial charge on any atom is -0.465 e. The predicted molar refractivity (Wildman–Crippen MR) is 97.2 cm³/mol. The van der Waals surface area contributed by atoms with Crippen molar-refractivity contribution in [3.8, 4) is 0 Å². The highest BCUT2D eigenvalue weighted by Crippen LogP contribution is 2.65. The molecule has 0 unspecified atom stereocenters. The second-order valence-corrected chi connectivity index (χ2v) is 9.43. The van der Waals surface area contributed by atoms with Crippen LogP contribution in [0.25, 0.3) is 0 Å². The number of carbonyl (C=O) groups excluding carboxylic acids is 3. The van der Waals surface area contributed by atoms with E-state index in [2.05, 4.69) is 13.8 Å². The third-order valence-corrected chi connectivity index (χ3v) is 8.25. The average molecular weight is 358 g/mol. The van der Waals surface area contributed by atoms with Gasteiger partial charge in [-0.25, -0.2) is 0 Å². The molecule has 0 aromatic heterocycles. The fraction of sp³-hybridized carbons (Fsp3) is 0.773. The smallest absolute Gasteiger partial charge is 0.302 e. The van der Waals surface area contributed by atoms with Crippen molar-refractivity contribution in [1.29, 1.82) is 0 Å². The second kappa shape index (κ2) is 6.03. The molecule has 0 saturated heterocycles. The van der Waals surface area contributed by atoms with Gasteiger partial charge in [-0.15, -0.1) is 0 Å². The Balaban J connectivity index is 1.75. The number of Topliss-reactive ketones (excluding diaryl/α,β-unsaturated/α-hetero) is 1. The van der Waals surface area contributed by atoms with Gasteiger partial charge in [-0.1, -0.05) is 19.4 Å². The molecule has 0 amide bonds. The van der Waals surface area contributed by atoms with Crippen molar-refractivity contribution < 1.29 is 19.1 Å². The maximum atomic E-state index is 12.6. The molecular weight excluding hydrogens is 328 g/mol. The van der Waals surface area contributed by atoms with Crippen LogP contribution in [0.5, 0.6) is 0 Å². The van der Waals surface area contributed by atoms with Crippen LogP contribution in [0.4, 0.5) is 0 Å².